The zero-order valence-electron chi connectivity index (χ0n) is 9.73. The number of nitrogens with zero attached hydrogens (tertiary/aromatic N) is 2. The minimum atomic E-state index is -0.375. The molecule has 1 aromatic heterocycles. The van der Waals surface area contributed by atoms with E-state index in [1.54, 1.807) is 19.1 Å². The van der Waals surface area contributed by atoms with Gasteiger partial charge in [-0.3, -0.25) is 10.1 Å². The molecule has 0 aliphatic heterocycles. The van der Waals surface area contributed by atoms with E-state index in [0.29, 0.717) is 16.4 Å². The molecule has 1 N–H and O–H groups in total. The van der Waals surface area contributed by atoms with Gasteiger partial charge < -0.3 is 4.52 Å². The molecule has 5 nitrogen and oxygen atoms in total. The van der Waals surface area contributed by atoms with E-state index in [4.69, 9.17) is 16.1 Å². The highest BCUT2D eigenvalue weighted by molar-refractivity contribution is 7.98. The van der Waals surface area contributed by atoms with E-state index in [1.165, 1.54) is 11.8 Å². The molecule has 1 heterocycles. The van der Waals surface area contributed by atoms with Gasteiger partial charge in [0, 0.05) is 4.90 Å². The third-order valence-corrected chi connectivity index (χ3v) is 3.22. The summed E-state index contributed by atoms with van der Waals surface area (Å²) in [5.41, 5.74) is 0.374. The van der Waals surface area contributed by atoms with Gasteiger partial charge in [-0.25, -0.2) is 0 Å². The van der Waals surface area contributed by atoms with E-state index in [9.17, 15) is 4.79 Å². The SMILES string of the molecule is CSc1ccc(Cl)c(C(=O)Nc2nc(C)no2)c1. The van der Waals surface area contributed by atoms with Crippen molar-refractivity contribution < 1.29 is 9.32 Å². The Kier molecular flexibility index (Phi) is 3.88. The van der Waals surface area contributed by atoms with Crippen molar-refractivity contribution in [3.63, 3.8) is 0 Å². The summed E-state index contributed by atoms with van der Waals surface area (Å²) in [5.74, 6) is 0.0776. The van der Waals surface area contributed by atoms with Crippen molar-refractivity contribution in [2.24, 2.45) is 0 Å². The molecule has 0 bridgehead atoms. The highest BCUT2D eigenvalue weighted by atomic mass is 35.5. The predicted octanol–water partition coefficient (Wildman–Crippen LogP) is 3.01. The molecule has 0 saturated carbocycles. The van der Waals surface area contributed by atoms with E-state index in [2.05, 4.69) is 15.5 Å². The van der Waals surface area contributed by atoms with Crippen molar-refractivity contribution in [2.45, 2.75) is 11.8 Å². The first-order valence-electron chi connectivity index (χ1n) is 5.05. The number of rotatable bonds is 3. The lowest BCUT2D eigenvalue weighted by molar-refractivity contribution is 0.102. The molecular weight excluding hydrogens is 274 g/mol. The van der Waals surface area contributed by atoms with Crippen LogP contribution in [-0.4, -0.2) is 22.3 Å². The number of aromatic nitrogens is 2. The summed E-state index contributed by atoms with van der Waals surface area (Å²) in [6.07, 6.45) is 1.92. The van der Waals surface area contributed by atoms with E-state index >= 15 is 0 Å². The van der Waals surface area contributed by atoms with Crippen LogP contribution in [0.3, 0.4) is 0 Å². The van der Waals surface area contributed by atoms with Gasteiger partial charge in [0.15, 0.2) is 5.82 Å². The van der Waals surface area contributed by atoms with Crippen LogP contribution < -0.4 is 5.32 Å². The number of carbonyl (C=O) groups is 1. The fraction of sp³-hybridized carbons (Fsp3) is 0.182. The van der Waals surface area contributed by atoms with E-state index in [-0.39, 0.29) is 11.9 Å². The van der Waals surface area contributed by atoms with Crippen LogP contribution in [0.1, 0.15) is 16.2 Å². The third kappa shape index (κ3) is 2.83. The van der Waals surface area contributed by atoms with Crippen LogP contribution in [0, 0.1) is 6.92 Å². The first kappa shape index (κ1) is 12.9. The Morgan fingerprint density at radius 1 is 1.50 bits per heavy atom. The molecule has 1 aromatic carbocycles. The summed E-state index contributed by atoms with van der Waals surface area (Å²) in [6.45, 7) is 1.67. The molecule has 2 rings (SSSR count). The quantitative estimate of drug-likeness (QED) is 0.877. The minimum Gasteiger partial charge on any atom is -0.315 e. The molecule has 0 saturated heterocycles. The lowest BCUT2D eigenvalue weighted by Crippen LogP contribution is -2.12. The Hall–Kier alpha value is -1.53. The van der Waals surface area contributed by atoms with Gasteiger partial charge in [0.05, 0.1) is 10.6 Å². The van der Waals surface area contributed by atoms with E-state index < -0.39 is 0 Å². The predicted molar refractivity (Wildman–Crippen MR) is 70.2 cm³/mol. The minimum absolute atomic E-state index is 0.0584. The topological polar surface area (TPSA) is 68.0 Å². The van der Waals surface area contributed by atoms with Gasteiger partial charge >= 0.3 is 6.01 Å². The number of hydrogen-bond donors (Lipinski definition) is 1. The van der Waals surface area contributed by atoms with Crippen LogP contribution in [0.25, 0.3) is 0 Å². The lowest BCUT2D eigenvalue weighted by atomic mass is 10.2. The highest BCUT2D eigenvalue weighted by Gasteiger charge is 2.14. The Bertz CT molecular complexity index is 585. The van der Waals surface area contributed by atoms with Crippen molar-refractivity contribution >= 4 is 35.3 Å². The number of benzene rings is 1. The monoisotopic (exact) mass is 283 g/mol. The number of halogens is 1. The number of anilines is 1. The van der Waals surface area contributed by atoms with Gasteiger partial charge in [-0.1, -0.05) is 16.8 Å². The second kappa shape index (κ2) is 5.41. The molecule has 0 unspecified atom stereocenters. The number of thioether (sulfide) groups is 1. The van der Waals surface area contributed by atoms with Crippen molar-refractivity contribution in [1.29, 1.82) is 0 Å². The highest BCUT2D eigenvalue weighted by Crippen LogP contribution is 2.23. The molecule has 0 aliphatic rings. The van der Waals surface area contributed by atoms with Crippen molar-refractivity contribution in [2.75, 3.05) is 11.6 Å². The van der Waals surface area contributed by atoms with Gasteiger partial charge in [0.1, 0.15) is 0 Å². The summed E-state index contributed by atoms with van der Waals surface area (Å²) in [5, 5.41) is 6.46. The van der Waals surface area contributed by atoms with Crippen molar-refractivity contribution in [1.82, 2.24) is 10.1 Å². The van der Waals surface area contributed by atoms with Gasteiger partial charge in [0.25, 0.3) is 5.91 Å². The lowest BCUT2D eigenvalue weighted by Gasteiger charge is -2.05. The molecular formula is C11H10ClN3O2S. The maximum Gasteiger partial charge on any atom is 0.328 e. The van der Waals surface area contributed by atoms with Crippen molar-refractivity contribution in [3.8, 4) is 0 Å². The molecule has 0 atom stereocenters. The van der Waals surface area contributed by atoms with Gasteiger partial charge in [-0.15, -0.1) is 11.8 Å². The number of amides is 1. The molecule has 0 radical (unpaired) electrons. The van der Waals surface area contributed by atoms with Gasteiger partial charge in [0.2, 0.25) is 0 Å². The standard InChI is InChI=1S/C11H10ClN3O2S/c1-6-13-11(17-15-6)14-10(16)8-5-7(18-2)3-4-9(8)12/h3-5H,1-2H3,(H,13,14,15,16). The summed E-state index contributed by atoms with van der Waals surface area (Å²) in [4.78, 5) is 16.8. The van der Waals surface area contributed by atoms with E-state index in [1.807, 2.05) is 12.3 Å². The Balaban J connectivity index is 2.23. The van der Waals surface area contributed by atoms with Crippen LogP contribution in [0.15, 0.2) is 27.6 Å². The maximum absolute atomic E-state index is 12.0. The molecule has 18 heavy (non-hydrogen) atoms. The summed E-state index contributed by atoms with van der Waals surface area (Å²) in [7, 11) is 0. The van der Waals surface area contributed by atoms with Gasteiger partial charge in [-0.05, 0) is 31.4 Å². The molecule has 94 valence electrons. The smallest absolute Gasteiger partial charge is 0.315 e. The molecule has 0 aliphatic carbocycles. The number of nitrogens with one attached hydrogen (secondary N) is 1. The molecule has 0 fully saturated rings. The first-order valence-corrected chi connectivity index (χ1v) is 6.65. The molecule has 1 amide bonds. The van der Waals surface area contributed by atoms with Gasteiger partial charge in [-0.2, -0.15) is 4.98 Å². The largest absolute Gasteiger partial charge is 0.328 e. The Morgan fingerprint density at radius 3 is 2.89 bits per heavy atom. The summed E-state index contributed by atoms with van der Waals surface area (Å²) >= 11 is 7.51. The number of carbonyl (C=O) groups excluding carboxylic acids is 1. The number of hydrogen-bond acceptors (Lipinski definition) is 5. The molecule has 0 spiro atoms. The zero-order chi connectivity index (χ0) is 13.1. The zero-order valence-corrected chi connectivity index (χ0v) is 11.3. The van der Waals surface area contributed by atoms with Crippen LogP contribution in [-0.2, 0) is 0 Å². The van der Waals surface area contributed by atoms with Crippen molar-refractivity contribution in [3.05, 3.63) is 34.6 Å². The van der Waals surface area contributed by atoms with E-state index in [0.717, 1.165) is 4.90 Å². The second-order valence-electron chi connectivity index (χ2n) is 3.45. The Labute approximate surface area is 113 Å². The summed E-state index contributed by atoms with van der Waals surface area (Å²) in [6, 6.07) is 5.30. The van der Waals surface area contributed by atoms with Crippen LogP contribution in [0.5, 0.6) is 0 Å². The second-order valence-corrected chi connectivity index (χ2v) is 4.73. The molecule has 7 heteroatoms. The average molecular weight is 284 g/mol. The number of aryl methyl sites for hydroxylation is 1. The Morgan fingerprint density at radius 2 is 2.28 bits per heavy atom. The fourth-order valence-electron chi connectivity index (χ4n) is 1.32. The average Bonchev–Trinajstić information content (AvgIpc) is 2.75. The van der Waals surface area contributed by atoms with Crippen LogP contribution >= 0.6 is 23.4 Å². The fourth-order valence-corrected chi connectivity index (χ4v) is 1.96. The third-order valence-electron chi connectivity index (χ3n) is 2.17. The normalized spacial score (nSPS) is 10.4. The molecule has 2 aromatic rings. The first-order chi connectivity index (χ1) is 8.60. The summed E-state index contributed by atoms with van der Waals surface area (Å²) < 4.78 is 4.81. The maximum atomic E-state index is 12.0. The van der Waals surface area contributed by atoms with Crippen LogP contribution in [0.2, 0.25) is 5.02 Å². The van der Waals surface area contributed by atoms with Crippen LogP contribution in [0.4, 0.5) is 6.01 Å².